The van der Waals surface area contributed by atoms with Crippen molar-refractivity contribution in [3.05, 3.63) is 23.8 Å². The highest BCUT2D eigenvalue weighted by molar-refractivity contribution is 5.70. The first-order valence-corrected chi connectivity index (χ1v) is 6.57. The van der Waals surface area contributed by atoms with Crippen molar-refractivity contribution in [3.8, 4) is 11.5 Å². The molecular formula is C15H20O4. The van der Waals surface area contributed by atoms with Crippen molar-refractivity contribution in [2.75, 3.05) is 14.2 Å². The molecular weight excluding hydrogens is 244 g/mol. The maximum atomic E-state index is 11.0. The molecule has 0 bridgehead atoms. The van der Waals surface area contributed by atoms with Gasteiger partial charge in [0.1, 0.15) is 11.5 Å². The Morgan fingerprint density at radius 1 is 1.21 bits per heavy atom. The first-order valence-electron chi connectivity index (χ1n) is 6.57. The van der Waals surface area contributed by atoms with Crippen LogP contribution in [0.5, 0.6) is 11.5 Å². The van der Waals surface area contributed by atoms with E-state index in [2.05, 4.69) is 0 Å². The van der Waals surface area contributed by atoms with E-state index in [4.69, 9.17) is 14.6 Å². The van der Waals surface area contributed by atoms with E-state index >= 15 is 0 Å². The summed E-state index contributed by atoms with van der Waals surface area (Å²) < 4.78 is 10.5. The molecule has 1 fully saturated rings. The van der Waals surface area contributed by atoms with Gasteiger partial charge in [-0.2, -0.15) is 0 Å². The summed E-state index contributed by atoms with van der Waals surface area (Å²) in [7, 11) is 3.27. The Labute approximate surface area is 113 Å². The van der Waals surface area contributed by atoms with Crippen molar-refractivity contribution in [2.45, 2.75) is 25.7 Å². The monoisotopic (exact) mass is 264 g/mol. The highest BCUT2D eigenvalue weighted by atomic mass is 16.5. The van der Waals surface area contributed by atoms with Gasteiger partial charge < -0.3 is 14.6 Å². The Morgan fingerprint density at radius 3 is 2.32 bits per heavy atom. The molecule has 19 heavy (non-hydrogen) atoms. The van der Waals surface area contributed by atoms with Gasteiger partial charge in [-0.15, -0.1) is 0 Å². The molecule has 0 heterocycles. The number of hydrogen-bond donors (Lipinski definition) is 1. The summed E-state index contributed by atoms with van der Waals surface area (Å²) in [6, 6.07) is 5.84. The summed E-state index contributed by atoms with van der Waals surface area (Å²) in [5, 5.41) is 9.02. The minimum atomic E-state index is -0.661. The van der Waals surface area contributed by atoms with Crippen molar-refractivity contribution in [2.24, 2.45) is 11.8 Å². The minimum absolute atomic E-state index is 0.169. The van der Waals surface area contributed by atoms with E-state index in [0.717, 1.165) is 42.7 Å². The Hall–Kier alpha value is -1.71. The van der Waals surface area contributed by atoms with E-state index in [1.807, 2.05) is 18.2 Å². The SMILES string of the molecule is COc1cc(C[C@@H]2CC[C@@H](C(=O)O)C2)cc(OC)c1. The van der Waals surface area contributed by atoms with E-state index in [-0.39, 0.29) is 5.92 Å². The number of hydrogen-bond acceptors (Lipinski definition) is 3. The number of ether oxygens (including phenoxy) is 2. The molecule has 1 saturated carbocycles. The number of rotatable bonds is 5. The zero-order valence-electron chi connectivity index (χ0n) is 11.4. The molecule has 0 spiro atoms. The van der Waals surface area contributed by atoms with Crippen LogP contribution >= 0.6 is 0 Å². The lowest BCUT2D eigenvalue weighted by atomic mass is 9.96. The molecule has 2 atom stereocenters. The summed E-state index contributed by atoms with van der Waals surface area (Å²) in [5.74, 6) is 1.17. The van der Waals surface area contributed by atoms with Gasteiger partial charge >= 0.3 is 5.97 Å². The predicted octanol–water partition coefficient (Wildman–Crippen LogP) is 2.75. The van der Waals surface area contributed by atoms with Gasteiger partial charge in [0.25, 0.3) is 0 Å². The maximum Gasteiger partial charge on any atom is 0.306 e. The van der Waals surface area contributed by atoms with Crippen molar-refractivity contribution >= 4 is 5.97 Å². The molecule has 1 aromatic carbocycles. The first kappa shape index (κ1) is 13.7. The number of carboxylic acids is 1. The zero-order valence-corrected chi connectivity index (χ0v) is 11.4. The van der Waals surface area contributed by atoms with Crippen LogP contribution in [0.1, 0.15) is 24.8 Å². The van der Waals surface area contributed by atoms with Crippen molar-refractivity contribution in [1.82, 2.24) is 0 Å². The highest BCUT2D eigenvalue weighted by Gasteiger charge is 2.29. The average Bonchev–Trinajstić information content (AvgIpc) is 2.87. The standard InChI is InChI=1S/C15H20O4/c1-18-13-7-11(8-14(9-13)19-2)5-10-3-4-12(6-10)15(16)17/h7-10,12H,3-6H2,1-2H3,(H,16,17)/t10-,12+/m0/s1. The lowest BCUT2D eigenvalue weighted by Crippen LogP contribution is -2.10. The molecule has 4 heteroatoms. The lowest BCUT2D eigenvalue weighted by Gasteiger charge is -2.12. The second-order valence-electron chi connectivity index (χ2n) is 5.14. The van der Waals surface area contributed by atoms with Crippen LogP contribution in [0.2, 0.25) is 0 Å². The largest absolute Gasteiger partial charge is 0.497 e. The quantitative estimate of drug-likeness (QED) is 0.888. The van der Waals surface area contributed by atoms with Crippen LogP contribution < -0.4 is 9.47 Å². The molecule has 1 aliphatic rings. The van der Waals surface area contributed by atoms with Crippen LogP contribution in [0.3, 0.4) is 0 Å². The van der Waals surface area contributed by atoms with E-state index < -0.39 is 5.97 Å². The summed E-state index contributed by atoms with van der Waals surface area (Å²) in [6.45, 7) is 0. The molecule has 0 unspecified atom stereocenters. The van der Waals surface area contributed by atoms with Gasteiger partial charge in [-0.25, -0.2) is 0 Å². The Morgan fingerprint density at radius 2 is 1.84 bits per heavy atom. The topological polar surface area (TPSA) is 55.8 Å². The van der Waals surface area contributed by atoms with Gasteiger partial charge in [0.05, 0.1) is 20.1 Å². The smallest absolute Gasteiger partial charge is 0.306 e. The Kier molecular flexibility index (Phi) is 4.30. The fourth-order valence-electron chi connectivity index (χ4n) is 2.80. The third-order valence-electron chi connectivity index (χ3n) is 3.83. The Balaban J connectivity index is 2.05. The van der Waals surface area contributed by atoms with Crippen molar-refractivity contribution in [3.63, 3.8) is 0 Å². The molecule has 1 aromatic rings. The predicted molar refractivity (Wildman–Crippen MR) is 71.7 cm³/mol. The van der Waals surface area contributed by atoms with Crippen LogP contribution in [-0.4, -0.2) is 25.3 Å². The highest BCUT2D eigenvalue weighted by Crippen LogP contribution is 2.34. The number of carbonyl (C=O) groups is 1. The second-order valence-corrected chi connectivity index (χ2v) is 5.14. The van der Waals surface area contributed by atoms with Crippen LogP contribution in [0.15, 0.2) is 18.2 Å². The molecule has 0 amide bonds. The molecule has 0 aliphatic heterocycles. The van der Waals surface area contributed by atoms with Crippen molar-refractivity contribution < 1.29 is 19.4 Å². The molecule has 1 aliphatic carbocycles. The number of carboxylic acid groups (broad SMARTS) is 1. The molecule has 2 rings (SSSR count). The number of benzene rings is 1. The molecule has 1 N–H and O–H groups in total. The lowest BCUT2D eigenvalue weighted by molar-refractivity contribution is -0.141. The summed E-state index contributed by atoms with van der Waals surface area (Å²) in [4.78, 5) is 11.0. The van der Waals surface area contributed by atoms with Gasteiger partial charge in [-0.1, -0.05) is 0 Å². The number of aliphatic carboxylic acids is 1. The van der Waals surface area contributed by atoms with E-state index in [1.165, 1.54) is 0 Å². The van der Waals surface area contributed by atoms with Gasteiger partial charge in [0.15, 0.2) is 0 Å². The van der Waals surface area contributed by atoms with Crippen LogP contribution in [-0.2, 0) is 11.2 Å². The molecule has 0 saturated heterocycles. The first-order chi connectivity index (χ1) is 9.12. The van der Waals surface area contributed by atoms with E-state index in [0.29, 0.717) is 5.92 Å². The summed E-state index contributed by atoms with van der Waals surface area (Å²) in [6.07, 6.45) is 3.43. The van der Waals surface area contributed by atoms with Gasteiger partial charge in [-0.05, 0) is 49.3 Å². The third-order valence-corrected chi connectivity index (χ3v) is 3.83. The van der Waals surface area contributed by atoms with Crippen LogP contribution in [0.25, 0.3) is 0 Å². The van der Waals surface area contributed by atoms with Gasteiger partial charge in [0, 0.05) is 6.07 Å². The second kappa shape index (κ2) is 5.95. The normalized spacial score (nSPS) is 22.2. The molecule has 104 valence electrons. The zero-order chi connectivity index (χ0) is 13.8. The van der Waals surface area contributed by atoms with Crippen LogP contribution in [0.4, 0.5) is 0 Å². The van der Waals surface area contributed by atoms with Gasteiger partial charge in [-0.3, -0.25) is 4.79 Å². The molecule has 4 nitrogen and oxygen atoms in total. The summed E-state index contributed by atoms with van der Waals surface area (Å²) in [5.41, 5.74) is 1.15. The fourth-order valence-corrected chi connectivity index (χ4v) is 2.80. The minimum Gasteiger partial charge on any atom is -0.497 e. The molecule has 0 radical (unpaired) electrons. The van der Waals surface area contributed by atoms with E-state index in [1.54, 1.807) is 14.2 Å². The summed E-state index contributed by atoms with van der Waals surface area (Å²) >= 11 is 0. The van der Waals surface area contributed by atoms with Crippen molar-refractivity contribution in [1.29, 1.82) is 0 Å². The number of methoxy groups -OCH3 is 2. The van der Waals surface area contributed by atoms with Crippen LogP contribution in [0, 0.1) is 11.8 Å². The molecule has 0 aromatic heterocycles. The fraction of sp³-hybridized carbons (Fsp3) is 0.533. The van der Waals surface area contributed by atoms with Gasteiger partial charge in [0.2, 0.25) is 0 Å². The third kappa shape index (κ3) is 3.40. The average molecular weight is 264 g/mol. The van der Waals surface area contributed by atoms with E-state index in [9.17, 15) is 4.79 Å². The Bertz CT molecular complexity index is 433. The maximum absolute atomic E-state index is 11.0.